The monoisotopic (exact) mass is 436 g/mol. The highest BCUT2D eigenvalue weighted by molar-refractivity contribution is 7.99. The Balaban J connectivity index is 1.43. The van der Waals surface area contributed by atoms with Crippen LogP contribution in [0.15, 0.2) is 58.2 Å². The Morgan fingerprint density at radius 1 is 1.19 bits per heavy atom. The second-order valence-electron chi connectivity index (χ2n) is 6.69. The van der Waals surface area contributed by atoms with Crippen molar-refractivity contribution in [2.45, 2.75) is 12.1 Å². The lowest BCUT2D eigenvalue weighted by Gasteiger charge is -2.10. The summed E-state index contributed by atoms with van der Waals surface area (Å²) in [6.45, 7) is 1.95. The van der Waals surface area contributed by atoms with Gasteiger partial charge in [0.25, 0.3) is 5.89 Å². The van der Waals surface area contributed by atoms with Crippen molar-refractivity contribution < 1.29 is 14.1 Å². The van der Waals surface area contributed by atoms with Crippen LogP contribution in [0.25, 0.3) is 23.1 Å². The number of hydrogen-bond acceptors (Lipinski definition) is 8. The first-order chi connectivity index (χ1) is 15.0. The standard InChI is InChI=1S/C21H20N6O3S/c1-13-9-10-16(29-3)15(11-13)22-17(28)12-31-21-25-24-19(27(21)2)20-23-18(26-30-20)14-7-5-4-6-8-14/h4-11H,12H2,1-3H3,(H,22,28). The Morgan fingerprint density at radius 2 is 2.00 bits per heavy atom. The van der Waals surface area contributed by atoms with Gasteiger partial charge in [0.15, 0.2) is 5.16 Å². The maximum absolute atomic E-state index is 12.4. The normalized spacial score (nSPS) is 10.8. The van der Waals surface area contributed by atoms with Gasteiger partial charge in [0.05, 0.1) is 18.6 Å². The van der Waals surface area contributed by atoms with Gasteiger partial charge in [0, 0.05) is 12.6 Å². The van der Waals surface area contributed by atoms with E-state index in [-0.39, 0.29) is 17.6 Å². The maximum atomic E-state index is 12.4. The Bertz CT molecular complexity index is 1210. The average molecular weight is 436 g/mol. The van der Waals surface area contributed by atoms with E-state index in [1.165, 1.54) is 11.8 Å². The van der Waals surface area contributed by atoms with E-state index in [9.17, 15) is 4.79 Å². The second kappa shape index (κ2) is 9.00. The number of methoxy groups -OCH3 is 1. The smallest absolute Gasteiger partial charge is 0.296 e. The molecule has 31 heavy (non-hydrogen) atoms. The fraction of sp³-hybridized carbons (Fsp3) is 0.190. The molecule has 10 heteroatoms. The van der Waals surface area contributed by atoms with Crippen LogP contribution in [0.3, 0.4) is 0 Å². The van der Waals surface area contributed by atoms with Crippen LogP contribution in [-0.4, -0.2) is 43.7 Å². The number of thioether (sulfide) groups is 1. The summed E-state index contributed by atoms with van der Waals surface area (Å²) in [6, 6.07) is 15.1. The number of nitrogens with one attached hydrogen (secondary N) is 1. The Hall–Kier alpha value is -3.66. The SMILES string of the molecule is COc1ccc(C)cc1NC(=O)CSc1nnc(-c2nc(-c3ccccc3)no2)n1C. The molecule has 2 aromatic carbocycles. The Labute approximate surface area is 182 Å². The minimum Gasteiger partial charge on any atom is -0.495 e. The molecule has 9 nitrogen and oxygen atoms in total. The summed E-state index contributed by atoms with van der Waals surface area (Å²) in [6.07, 6.45) is 0. The molecule has 0 aliphatic carbocycles. The lowest BCUT2D eigenvalue weighted by atomic mass is 10.2. The molecule has 2 aromatic heterocycles. The third-order valence-electron chi connectivity index (χ3n) is 4.45. The molecule has 0 bridgehead atoms. The van der Waals surface area contributed by atoms with Crippen molar-refractivity contribution in [3.8, 4) is 28.9 Å². The van der Waals surface area contributed by atoms with Crippen molar-refractivity contribution in [3.05, 3.63) is 54.1 Å². The third-order valence-corrected chi connectivity index (χ3v) is 5.47. The van der Waals surface area contributed by atoms with E-state index in [0.29, 0.717) is 28.2 Å². The van der Waals surface area contributed by atoms with Crippen LogP contribution in [0.4, 0.5) is 5.69 Å². The Morgan fingerprint density at radius 3 is 2.77 bits per heavy atom. The number of aromatic nitrogens is 5. The quantitative estimate of drug-likeness (QED) is 0.438. The third kappa shape index (κ3) is 4.58. The number of amides is 1. The van der Waals surface area contributed by atoms with Gasteiger partial charge >= 0.3 is 0 Å². The summed E-state index contributed by atoms with van der Waals surface area (Å²) < 4.78 is 12.4. The zero-order valence-corrected chi connectivity index (χ0v) is 18.0. The van der Waals surface area contributed by atoms with E-state index < -0.39 is 0 Å². The highest BCUT2D eigenvalue weighted by Gasteiger charge is 2.19. The first kappa shape index (κ1) is 20.6. The summed E-state index contributed by atoms with van der Waals surface area (Å²) in [5.41, 5.74) is 2.50. The maximum Gasteiger partial charge on any atom is 0.296 e. The van der Waals surface area contributed by atoms with E-state index in [2.05, 4.69) is 25.7 Å². The highest BCUT2D eigenvalue weighted by Crippen LogP contribution is 2.27. The van der Waals surface area contributed by atoms with E-state index in [4.69, 9.17) is 9.26 Å². The lowest BCUT2D eigenvalue weighted by Crippen LogP contribution is -2.15. The van der Waals surface area contributed by atoms with E-state index in [1.54, 1.807) is 18.7 Å². The molecule has 0 atom stereocenters. The zero-order chi connectivity index (χ0) is 21.8. The number of benzene rings is 2. The van der Waals surface area contributed by atoms with Gasteiger partial charge in [-0.2, -0.15) is 4.98 Å². The van der Waals surface area contributed by atoms with E-state index >= 15 is 0 Å². The topological polar surface area (TPSA) is 108 Å². The lowest BCUT2D eigenvalue weighted by molar-refractivity contribution is -0.113. The van der Waals surface area contributed by atoms with Gasteiger partial charge in [-0.3, -0.25) is 4.79 Å². The van der Waals surface area contributed by atoms with Gasteiger partial charge in [0.2, 0.25) is 17.6 Å². The molecule has 4 rings (SSSR count). The summed E-state index contributed by atoms with van der Waals surface area (Å²) in [4.78, 5) is 16.8. The number of nitrogens with zero attached hydrogens (tertiary/aromatic N) is 5. The number of carbonyl (C=O) groups excluding carboxylic acids is 1. The van der Waals surface area contributed by atoms with Gasteiger partial charge < -0.3 is 19.1 Å². The highest BCUT2D eigenvalue weighted by atomic mass is 32.2. The first-order valence-corrected chi connectivity index (χ1v) is 10.4. The molecule has 0 unspecified atom stereocenters. The number of anilines is 1. The second-order valence-corrected chi connectivity index (χ2v) is 7.64. The van der Waals surface area contributed by atoms with Gasteiger partial charge in [-0.15, -0.1) is 10.2 Å². The molecular weight excluding hydrogens is 416 g/mol. The molecule has 1 N–H and O–H groups in total. The van der Waals surface area contributed by atoms with Crippen molar-refractivity contribution in [2.75, 3.05) is 18.2 Å². The average Bonchev–Trinajstić information content (AvgIpc) is 3.40. The van der Waals surface area contributed by atoms with E-state index in [1.807, 2.05) is 55.5 Å². The molecule has 0 saturated carbocycles. The molecule has 2 heterocycles. The zero-order valence-electron chi connectivity index (χ0n) is 17.2. The fourth-order valence-corrected chi connectivity index (χ4v) is 3.59. The number of ether oxygens (including phenoxy) is 1. The summed E-state index contributed by atoms with van der Waals surface area (Å²) in [7, 11) is 3.35. The molecule has 0 aliphatic rings. The fourth-order valence-electron chi connectivity index (χ4n) is 2.88. The van der Waals surface area contributed by atoms with Crippen LogP contribution in [0.5, 0.6) is 5.75 Å². The number of hydrogen-bond donors (Lipinski definition) is 1. The molecule has 0 aliphatic heterocycles. The van der Waals surface area contributed by atoms with Crippen LogP contribution in [-0.2, 0) is 11.8 Å². The predicted molar refractivity (Wildman–Crippen MR) is 117 cm³/mol. The van der Waals surface area contributed by atoms with Crippen LogP contribution < -0.4 is 10.1 Å². The molecule has 1 amide bonds. The number of aryl methyl sites for hydroxylation is 1. The van der Waals surface area contributed by atoms with Crippen molar-refractivity contribution in [1.29, 1.82) is 0 Å². The predicted octanol–water partition coefficient (Wildman–Crippen LogP) is 3.58. The molecule has 0 saturated heterocycles. The largest absolute Gasteiger partial charge is 0.495 e. The van der Waals surface area contributed by atoms with Crippen molar-refractivity contribution in [1.82, 2.24) is 24.9 Å². The van der Waals surface area contributed by atoms with Crippen LogP contribution in [0.2, 0.25) is 0 Å². The minimum absolute atomic E-state index is 0.155. The van der Waals surface area contributed by atoms with Gasteiger partial charge in [-0.05, 0) is 24.6 Å². The van der Waals surface area contributed by atoms with Crippen LogP contribution in [0, 0.1) is 6.92 Å². The van der Waals surface area contributed by atoms with Crippen LogP contribution in [0.1, 0.15) is 5.56 Å². The number of rotatable bonds is 7. The van der Waals surface area contributed by atoms with Crippen molar-refractivity contribution in [3.63, 3.8) is 0 Å². The number of carbonyl (C=O) groups is 1. The molecule has 0 spiro atoms. The van der Waals surface area contributed by atoms with Gasteiger partial charge in [0.1, 0.15) is 5.75 Å². The van der Waals surface area contributed by atoms with Gasteiger partial charge in [-0.1, -0.05) is 53.3 Å². The first-order valence-electron chi connectivity index (χ1n) is 9.41. The molecular formula is C21H20N6O3S. The van der Waals surface area contributed by atoms with Crippen molar-refractivity contribution in [2.24, 2.45) is 7.05 Å². The van der Waals surface area contributed by atoms with Gasteiger partial charge in [-0.25, -0.2) is 0 Å². The Kier molecular flexibility index (Phi) is 5.99. The van der Waals surface area contributed by atoms with Crippen molar-refractivity contribution >= 4 is 23.4 Å². The van der Waals surface area contributed by atoms with E-state index in [0.717, 1.165) is 11.1 Å². The molecule has 158 valence electrons. The van der Waals surface area contributed by atoms with Crippen LogP contribution >= 0.6 is 11.8 Å². The minimum atomic E-state index is -0.178. The summed E-state index contributed by atoms with van der Waals surface area (Å²) in [5, 5.41) is 15.7. The summed E-state index contributed by atoms with van der Waals surface area (Å²) >= 11 is 1.26. The molecule has 0 radical (unpaired) electrons. The molecule has 0 fully saturated rings. The summed E-state index contributed by atoms with van der Waals surface area (Å²) in [5.74, 6) is 1.74. The molecule has 4 aromatic rings.